The molecule has 3 heterocycles. The largest absolute Gasteiger partial charge is 0.462 e. The summed E-state index contributed by atoms with van der Waals surface area (Å²) in [4.78, 5) is 15.3. The molecule has 8 nitrogen and oxygen atoms in total. The minimum Gasteiger partial charge on any atom is -0.379 e. The van der Waals surface area contributed by atoms with Crippen LogP contribution in [0.2, 0.25) is 5.02 Å². The molecule has 1 aromatic carbocycles. The van der Waals surface area contributed by atoms with E-state index in [0.29, 0.717) is 56.0 Å². The topological polar surface area (TPSA) is 75.4 Å². The Morgan fingerprint density at radius 2 is 1.92 bits per heavy atom. The Kier molecular flexibility index (Phi) is 9.56. The predicted octanol–water partition coefficient (Wildman–Crippen LogP) is 4.29. The number of hydrazone groups is 1. The van der Waals surface area contributed by atoms with Gasteiger partial charge in [-0.25, -0.2) is 9.18 Å². The molecule has 2 atom stereocenters. The van der Waals surface area contributed by atoms with Gasteiger partial charge in [-0.1, -0.05) is 23.2 Å². The molecule has 1 N–H and O–H groups in total. The molecule has 4 aliphatic rings. The number of hydrogen-bond acceptors (Lipinski definition) is 7. The Bertz CT molecular complexity index is 1090. The molecule has 2 saturated heterocycles. The standard InChI is InChI=1S/C28H35Cl2FN4O4/c29-21-4-8-23(9-5-21)34(16-24-17-37-12-13-39-24)22-6-2-20(3-7-22)15-35-27(36)26(30)25(14-33-35)32-18-28(31)10-1-11-38-19-28/h4-5,8-9,14-15,20,22,24H,1-3,6-7,10-13,16-19H2/p+1/b35-15-/t20?,22?,24-,28+/m0/s1. The van der Waals surface area contributed by atoms with E-state index in [9.17, 15) is 9.18 Å². The van der Waals surface area contributed by atoms with Gasteiger partial charge < -0.3 is 24.4 Å². The lowest BCUT2D eigenvalue weighted by molar-refractivity contribution is -0.447. The van der Waals surface area contributed by atoms with Crippen molar-refractivity contribution in [1.29, 1.82) is 0 Å². The Balaban J connectivity index is 1.19. The van der Waals surface area contributed by atoms with Crippen molar-refractivity contribution in [3.8, 4) is 0 Å². The van der Waals surface area contributed by atoms with E-state index in [2.05, 4.69) is 27.5 Å². The maximum Gasteiger partial charge on any atom is 0.462 e. The van der Waals surface area contributed by atoms with Crippen molar-refractivity contribution in [2.45, 2.75) is 56.3 Å². The van der Waals surface area contributed by atoms with Gasteiger partial charge in [0.05, 0.1) is 44.8 Å². The third kappa shape index (κ3) is 7.38. The molecule has 1 amide bonds. The summed E-state index contributed by atoms with van der Waals surface area (Å²) in [6.45, 7) is 3.22. The monoisotopic (exact) mass is 581 g/mol. The number of allylic oxidation sites excluding steroid dienone is 1. The first-order valence-corrected chi connectivity index (χ1v) is 14.5. The summed E-state index contributed by atoms with van der Waals surface area (Å²) >= 11 is 12.5. The zero-order valence-corrected chi connectivity index (χ0v) is 23.5. The fourth-order valence-electron chi connectivity index (χ4n) is 5.61. The van der Waals surface area contributed by atoms with Crippen LogP contribution in [0.1, 0.15) is 38.5 Å². The van der Waals surface area contributed by atoms with Crippen molar-refractivity contribution in [1.82, 2.24) is 5.32 Å². The Hall–Kier alpha value is -2.04. The van der Waals surface area contributed by atoms with Gasteiger partial charge in [0.2, 0.25) is 0 Å². The number of ether oxygens (including phenoxy) is 3. The highest BCUT2D eigenvalue weighted by Crippen LogP contribution is 2.32. The smallest absolute Gasteiger partial charge is 0.379 e. The molecule has 11 heteroatoms. The fraction of sp³-hybridized carbons (Fsp3) is 0.607. The van der Waals surface area contributed by atoms with Crippen LogP contribution in [0, 0.1) is 5.92 Å². The molecule has 0 aromatic heterocycles. The maximum absolute atomic E-state index is 14.9. The number of carbonyl (C=O) groups is 1. The summed E-state index contributed by atoms with van der Waals surface area (Å²) in [6.07, 6.45) is 8.20. The summed E-state index contributed by atoms with van der Waals surface area (Å²) < 4.78 is 33.0. The molecule has 0 bridgehead atoms. The van der Waals surface area contributed by atoms with Crippen molar-refractivity contribution in [2.75, 3.05) is 51.0 Å². The van der Waals surface area contributed by atoms with Crippen molar-refractivity contribution in [3.05, 3.63) is 40.0 Å². The zero-order valence-electron chi connectivity index (χ0n) is 22.0. The van der Waals surface area contributed by atoms with Gasteiger partial charge in [0, 0.05) is 40.9 Å². The van der Waals surface area contributed by atoms with Gasteiger partial charge in [-0.3, -0.25) is 0 Å². The number of nitrogens with zero attached hydrogens (tertiary/aromatic N) is 3. The highest BCUT2D eigenvalue weighted by Gasteiger charge is 2.36. The van der Waals surface area contributed by atoms with Gasteiger partial charge in [-0.2, -0.15) is 0 Å². The Morgan fingerprint density at radius 3 is 2.62 bits per heavy atom. The summed E-state index contributed by atoms with van der Waals surface area (Å²) in [5.41, 5.74) is -0.0224. The first-order valence-electron chi connectivity index (χ1n) is 13.7. The molecule has 5 rings (SSSR count). The number of carbonyl (C=O) groups excluding carboxylic acids is 1. The Labute approximate surface area is 238 Å². The number of halogens is 3. The van der Waals surface area contributed by atoms with E-state index in [-0.39, 0.29) is 30.2 Å². The van der Waals surface area contributed by atoms with Crippen molar-refractivity contribution < 1.29 is 28.1 Å². The van der Waals surface area contributed by atoms with Gasteiger partial charge in [0.25, 0.3) is 0 Å². The number of nitrogens with one attached hydrogen (secondary N) is 1. The molecule has 3 aliphatic heterocycles. The second-order valence-corrected chi connectivity index (χ2v) is 11.5. The number of alkyl halides is 1. The van der Waals surface area contributed by atoms with Crippen LogP contribution in [0.25, 0.3) is 0 Å². The summed E-state index contributed by atoms with van der Waals surface area (Å²) in [5, 5.41) is 7.98. The van der Waals surface area contributed by atoms with Crippen molar-refractivity contribution >= 4 is 47.2 Å². The van der Waals surface area contributed by atoms with Crippen LogP contribution in [0.4, 0.5) is 10.1 Å². The van der Waals surface area contributed by atoms with Crippen molar-refractivity contribution in [3.63, 3.8) is 0 Å². The van der Waals surface area contributed by atoms with Gasteiger partial charge >= 0.3 is 5.91 Å². The molecular weight excluding hydrogens is 546 g/mol. The van der Waals surface area contributed by atoms with Crippen LogP contribution in [0.15, 0.2) is 40.1 Å². The molecule has 1 saturated carbocycles. The number of hydrogen-bond donors (Lipinski definition) is 1. The third-order valence-corrected chi connectivity index (χ3v) is 8.41. The minimum absolute atomic E-state index is 0.0129. The first-order chi connectivity index (χ1) is 18.9. The second kappa shape index (κ2) is 13.1. The number of rotatable bonds is 8. The maximum atomic E-state index is 14.9. The lowest BCUT2D eigenvalue weighted by atomic mass is 9.85. The SMILES string of the molecule is O=C1C(Cl)=C(NC[C@]2(F)CCCOC2)C=N/[N+]1=C\C1CCC(N(C[C@H]2COCCO2)c2ccc(Cl)cc2)CC1. The van der Waals surface area contributed by atoms with E-state index in [1.165, 1.54) is 10.9 Å². The quantitative estimate of drug-likeness (QED) is 0.462. The average molecular weight is 583 g/mol. The lowest BCUT2D eigenvalue weighted by Gasteiger charge is -2.40. The average Bonchev–Trinajstić information content (AvgIpc) is 2.96. The van der Waals surface area contributed by atoms with E-state index < -0.39 is 11.6 Å². The van der Waals surface area contributed by atoms with E-state index >= 15 is 0 Å². The van der Waals surface area contributed by atoms with Gasteiger partial charge in [0.1, 0.15) is 6.21 Å². The molecular formula is C28H36Cl2FN4O4+. The summed E-state index contributed by atoms with van der Waals surface area (Å²) in [6, 6.07) is 8.27. The lowest BCUT2D eigenvalue weighted by Crippen LogP contribution is -2.46. The molecule has 0 spiro atoms. The van der Waals surface area contributed by atoms with E-state index in [1.807, 2.05) is 18.3 Å². The number of benzene rings is 1. The van der Waals surface area contributed by atoms with E-state index in [0.717, 1.165) is 37.9 Å². The van der Waals surface area contributed by atoms with Gasteiger partial charge in [-0.15, -0.1) is 0 Å². The van der Waals surface area contributed by atoms with Crippen molar-refractivity contribution in [2.24, 2.45) is 11.0 Å². The highest BCUT2D eigenvalue weighted by atomic mass is 35.5. The van der Waals surface area contributed by atoms with Crippen LogP contribution in [-0.4, -0.2) is 87.0 Å². The van der Waals surface area contributed by atoms with E-state index in [4.69, 9.17) is 37.4 Å². The number of anilines is 1. The second-order valence-electron chi connectivity index (χ2n) is 10.7. The van der Waals surface area contributed by atoms with Gasteiger partial charge in [0.15, 0.2) is 16.9 Å². The molecule has 1 aliphatic carbocycles. The van der Waals surface area contributed by atoms with E-state index in [1.54, 1.807) is 0 Å². The molecule has 3 fully saturated rings. The molecule has 1 aromatic rings. The fourth-order valence-corrected chi connectivity index (χ4v) is 5.94. The molecule has 212 valence electrons. The normalized spacial score (nSPS) is 31.0. The first kappa shape index (κ1) is 28.5. The van der Waals surface area contributed by atoms with Crippen LogP contribution < -0.4 is 10.2 Å². The molecule has 39 heavy (non-hydrogen) atoms. The van der Waals surface area contributed by atoms with Crippen LogP contribution in [0.3, 0.4) is 0 Å². The number of amides is 1. The summed E-state index contributed by atoms with van der Waals surface area (Å²) in [5.74, 6) is -0.218. The highest BCUT2D eigenvalue weighted by molar-refractivity contribution is 6.42. The van der Waals surface area contributed by atoms with Crippen LogP contribution in [-0.2, 0) is 19.0 Å². The summed E-state index contributed by atoms with van der Waals surface area (Å²) in [7, 11) is 0. The molecule has 0 unspecified atom stereocenters. The minimum atomic E-state index is -1.47. The predicted molar refractivity (Wildman–Crippen MR) is 150 cm³/mol. The van der Waals surface area contributed by atoms with Crippen LogP contribution in [0.5, 0.6) is 0 Å². The van der Waals surface area contributed by atoms with Crippen LogP contribution >= 0.6 is 23.2 Å². The zero-order chi connectivity index (χ0) is 27.2. The Morgan fingerprint density at radius 1 is 1.13 bits per heavy atom. The van der Waals surface area contributed by atoms with Gasteiger partial charge in [-0.05, 0) is 67.5 Å². The third-order valence-electron chi connectivity index (χ3n) is 7.79. The molecule has 0 radical (unpaired) electrons.